The van der Waals surface area contributed by atoms with Crippen LogP contribution in [0.15, 0.2) is 12.7 Å². The van der Waals surface area contributed by atoms with Gasteiger partial charge in [-0.1, -0.05) is 19.4 Å². The second-order valence-corrected chi connectivity index (χ2v) is 3.14. The van der Waals surface area contributed by atoms with Crippen molar-refractivity contribution in [3.63, 3.8) is 0 Å². The summed E-state index contributed by atoms with van der Waals surface area (Å²) >= 11 is 0. The minimum atomic E-state index is -0.757. The molecule has 88 valence electrons. The Hall–Kier alpha value is -1.03. The van der Waals surface area contributed by atoms with E-state index < -0.39 is 6.16 Å². The molecular formula is C11H20O4. The number of rotatable bonds is 9. The molecule has 0 rings (SSSR count). The van der Waals surface area contributed by atoms with Gasteiger partial charge in [-0.3, -0.25) is 4.89 Å². The summed E-state index contributed by atoms with van der Waals surface area (Å²) in [5.74, 6) is 0. The molecule has 0 fully saturated rings. The van der Waals surface area contributed by atoms with Crippen LogP contribution in [0.5, 0.6) is 0 Å². The highest BCUT2D eigenvalue weighted by molar-refractivity contribution is 5.58. The molecule has 15 heavy (non-hydrogen) atoms. The Morgan fingerprint density at radius 1 is 1.27 bits per heavy atom. The molecule has 0 bridgehead atoms. The minimum Gasteiger partial charge on any atom is -0.432 e. The van der Waals surface area contributed by atoms with Crippen molar-refractivity contribution in [1.29, 1.82) is 0 Å². The first kappa shape index (κ1) is 14.0. The maximum atomic E-state index is 10.8. The summed E-state index contributed by atoms with van der Waals surface area (Å²) in [6.45, 7) is 6.40. The molecule has 0 aromatic rings. The fraction of sp³-hybridized carbons (Fsp3) is 0.727. The third-order valence-electron chi connectivity index (χ3n) is 1.73. The summed E-state index contributed by atoms with van der Waals surface area (Å²) in [4.78, 5) is 19.9. The number of unbranched alkanes of at least 4 members (excludes halogenated alkanes) is 3. The van der Waals surface area contributed by atoms with Crippen LogP contribution in [-0.2, 0) is 14.5 Å². The monoisotopic (exact) mass is 216 g/mol. The average Bonchev–Trinajstić information content (AvgIpc) is 2.23. The van der Waals surface area contributed by atoms with Crippen LogP contribution in [0.3, 0.4) is 0 Å². The summed E-state index contributed by atoms with van der Waals surface area (Å²) in [5, 5.41) is 0. The molecule has 0 aromatic carbocycles. The number of hydrogen-bond donors (Lipinski definition) is 0. The van der Waals surface area contributed by atoms with Gasteiger partial charge in [0.15, 0.2) is 0 Å². The highest BCUT2D eigenvalue weighted by Gasteiger charge is 2.03. The first-order valence-electron chi connectivity index (χ1n) is 5.38. The average molecular weight is 216 g/mol. The van der Waals surface area contributed by atoms with Crippen LogP contribution in [-0.4, -0.2) is 19.4 Å². The third-order valence-corrected chi connectivity index (χ3v) is 1.73. The molecule has 4 heteroatoms. The van der Waals surface area contributed by atoms with Crippen molar-refractivity contribution in [3.05, 3.63) is 12.7 Å². The second kappa shape index (κ2) is 11.0. The van der Waals surface area contributed by atoms with Gasteiger partial charge in [-0.15, -0.1) is 6.58 Å². The van der Waals surface area contributed by atoms with E-state index in [-0.39, 0.29) is 0 Å². The van der Waals surface area contributed by atoms with Crippen LogP contribution in [0.4, 0.5) is 4.79 Å². The summed E-state index contributed by atoms with van der Waals surface area (Å²) in [7, 11) is 0. The molecule has 0 N–H and O–H groups in total. The lowest BCUT2D eigenvalue weighted by Crippen LogP contribution is -2.09. The lowest BCUT2D eigenvalue weighted by molar-refractivity contribution is -0.255. The van der Waals surface area contributed by atoms with E-state index >= 15 is 0 Å². The van der Waals surface area contributed by atoms with Gasteiger partial charge in [0.05, 0.1) is 13.2 Å². The van der Waals surface area contributed by atoms with E-state index in [9.17, 15) is 4.79 Å². The second-order valence-electron chi connectivity index (χ2n) is 3.14. The number of allylic oxidation sites excluding steroid dienone is 1. The molecule has 0 atom stereocenters. The summed E-state index contributed by atoms with van der Waals surface area (Å²) in [6, 6.07) is 0. The SMILES string of the molecule is C=CCCCCOOC(=O)OCCCC. The predicted molar refractivity (Wildman–Crippen MR) is 57.3 cm³/mol. The van der Waals surface area contributed by atoms with Gasteiger partial charge < -0.3 is 4.74 Å². The van der Waals surface area contributed by atoms with Crippen LogP contribution in [0, 0.1) is 0 Å². The highest BCUT2D eigenvalue weighted by Crippen LogP contribution is 1.97. The molecule has 0 spiro atoms. The van der Waals surface area contributed by atoms with Crippen molar-refractivity contribution in [3.8, 4) is 0 Å². The van der Waals surface area contributed by atoms with Crippen LogP contribution >= 0.6 is 0 Å². The zero-order valence-electron chi connectivity index (χ0n) is 9.37. The van der Waals surface area contributed by atoms with Crippen molar-refractivity contribution < 1.29 is 19.3 Å². The molecule has 0 aliphatic rings. The van der Waals surface area contributed by atoms with E-state index in [1.54, 1.807) is 0 Å². The van der Waals surface area contributed by atoms with Gasteiger partial charge in [-0.2, -0.15) is 4.89 Å². The van der Waals surface area contributed by atoms with Crippen LogP contribution in [0.1, 0.15) is 39.0 Å². The fourth-order valence-corrected chi connectivity index (χ4v) is 0.863. The van der Waals surface area contributed by atoms with E-state index in [1.807, 2.05) is 13.0 Å². The first-order chi connectivity index (χ1) is 7.31. The Bertz CT molecular complexity index is 168. The first-order valence-corrected chi connectivity index (χ1v) is 5.38. The lowest BCUT2D eigenvalue weighted by Gasteiger charge is -2.03. The number of ether oxygens (including phenoxy) is 1. The minimum absolute atomic E-state index is 0.384. The normalized spacial score (nSPS) is 9.67. The van der Waals surface area contributed by atoms with Gasteiger partial charge in [-0.05, 0) is 25.7 Å². The predicted octanol–water partition coefficient (Wildman–Crippen LogP) is 3.23. The molecule has 0 saturated carbocycles. The Labute approximate surface area is 91.1 Å². The van der Waals surface area contributed by atoms with Crippen molar-refractivity contribution in [1.82, 2.24) is 0 Å². The molecule has 0 heterocycles. The lowest BCUT2D eigenvalue weighted by atomic mass is 10.2. The van der Waals surface area contributed by atoms with Gasteiger partial charge in [0.25, 0.3) is 0 Å². The topological polar surface area (TPSA) is 44.8 Å². The molecular weight excluding hydrogens is 196 g/mol. The Morgan fingerprint density at radius 3 is 2.73 bits per heavy atom. The molecule has 0 aromatic heterocycles. The van der Waals surface area contributed by atoms with Crippen molar-refractivity contribution in [2.75, 3.05) is 13.2 Å². The zero-order chi connectivity index (χ0) is 11.4. The smallest absolute Gasteiger partial charge is 0.432 e. The Balaban J connectivity index is 3.13. The summed E-state index contributed by atoms with van der Waals surface area (Å²) in [5.41, 5.74) is 0. The fourth-order valence-electron chi connectivity index (χ4n) is 0.863. The van der Waals surface area contributed by atoms with E-state index in [1.165, 1.54) is 0 Å². The largest absolute Gasteiger partial charge is 0.540 e. The van der Waals surface area contributed by atoms with E-state index in [4.69, 9.17) is 4.74 Å². The molecule has 4 nitrogen and oxygen atoms in total. The maximum absolute atomic E-state index is 10.8. The molecule has 0 unspecified atom stereocenters. The van der Waals surface area contributed by atoms with Crippen LogP contribution in [0.25, 0.3) is 0 Å². The van der Waals surface area contributed by atoms with Gasteiger partial charge in [0.2, 0.25) is 0 Å². The van der Waals surface area contributed by atoms with Crippen molar-refractivity contribution in [2.45, 2.75) is 39.0 Å². The molecule has 0 aliphatic carbocycles. The van der Waals surface area contributed by atoms with Gasteiger partial charge in [0, 0.05) is 0 Å². The zero-order valence-corrected chi connectivity index (χ0v) is 9.37. The quantitative estimate of drug-likeness (QED) is 0.195. The molecule has 0 radical (unpaired) electrons. The summed E-state index contributed by atoms with van der Waals surface area (Å²) in [6.07, 6.45) is 5.69. The summed E-state index contributed by atoms with van der Waals surface area (Å²) < 4.78 is 4.71. The van der Waals surface area contributed by atoms with E-state index in [0.29, 0.717) is 13.2 Å². The Kier molecular flexibility index (Phi) is 10.3. The van der Waals surface area contributed by atoms with Crippen LogP contribution < -0.4 is 0 Å². The van der Waals surface area contributed by atoms with Crippen molar-refractivity contribution in [2.24, 2.45) is 0 Å². The van der Waals surface area contributed by atoms with Gasteiger partial charge in [-0.25, -0.2) is 4.79 Å². The van der Waals surface area contributed by atoms with Crippen molar-refractivity contribution >= 4 is 6.16 Å². The molecule has 0 saturated heterocycles. The van der Waals surface area contributed by atoms with E-state index in [0.717, 1.165) is 32.1 Å². The Morgan fingerprint density at radius 2 is 2.07 bits per heavy atom. The number of hydrogen-bond acceptors (Lipinski definition) is 4. The van der Waals surface area contributed by atoms with Crippen LogP contribution in [0.2, 0.25) is 0 Å². The van der Waals surface area contributed by atoms with Gasteiger partial charge >= 0.3 is 6.16 Å². The highest BCUT2D eigenvalue weighted by atomic mass is 17.2. The number of carbonyl (C=O) groups is 1. The molecule has 0 aliphatic heterocycles. The third kappa shape index (κ3) is 10.9. The van der Waals surface area contributed by atoms with E-state index in [2.05, 4.69) is 16.4 Å². The number of carbonyl (C=O) groups excluding carboxylic acids is 1. The maximum Gasteiger partial charge on any atom is 0.540 e. The molecule has 0 amide bonds. The standard InChI is InChI=1S/C11H20O4/c1-3-5-7-8-10-14-15-11(12)13-9-6-4-2/h3H,1,4-10H2,2H3. The van der Waals surface area contributed by atoms with Gasteiger partial charge in [0.1, 0.15) is 0 Å².